The first-order valence-electron chi connectivity index (χ1n) is 11.1. The quantitative estimate of drug-likeness (QED) is 0.416. The Hall–Kier alpha value is -3.64. The second-order valence-corrected chi connectivity index (χ2v) is 8.95. The number of aryl methyl sites for hydroxylation is 1. The van der Waals surface area contributed by atoms with Crippen molar-refractivity contribution >= 4 is 22.8 Å². The lowest BCUT2D eigenvalue weighted by Gasteiger charge is -2.29. The van der Waals surface area contributed by atoms with Crippen LogP contribution in [0.1, 0.15) is 44.6 Å². The van der Waals surface area contributed by atoms with Gasteiger partial charge in [-0.3, -0.25) is 5.32 Å². The van der Waals surface area contributed by atoms with Crippen molar-refractivity contribution in [3.63, 3.8) is 0 Å². The fourth-order valence-electron chi connectivity index (χ4n) is 4.00. The van der Waals surface area contributed by atoms with E-state index < -0.39 is 17.3 Å². The molecule has 0 saturated heterocycles. The minimum Gasteiger partial charge on any atom is -0.444 e. The molecule has 6 nitrogen and oxygen atoms in total. The monoisotopic (exact) mass is 443 g/mol. The third-order valence-electron chi connectivity index (χ3n) is 5.42. The molecule has 3 aromatic carbocycles. The number of ether oxygens (including phenoxy) is 1. The molecule has 33 heavy (non-hydrogen) atoms. The molecule has 0 unspecified atom stereocenters. The van der Waals surface area contributed by atoms with E-state index in [0.29, 0.717) is 18.1 Å². The third kappa shape index (κ3) is 4.47. The summed E-state index contributed by atoms with van der Waals surface area (Å²) in [4.78, 5) is 17.1. The number of aliphatic hydroxyl groups is 1. The van der Waals surface area contributed by atoms with Gasteiger partial charge >= 0.3 is 6.09 Å². The van der Waals surface area contributed by atoms with E-state index in [2.05, 4.69) is 5.32 Å². The molecule has 0 aliphatic heterocycles. The van der Waals surface area contributed by atoms with Gasteiger partial charge in [-0.05, 0) is 57.0 Å². The van der Waals surface area contributed by atoms with Crippen LogP contribution >= 0.6 is 0 Å². The molecular weight excluding hydrogens is 414 g/mol. The topological polar surface area (TPSA) is 76.4 Å². The molecule has 0 aliphatic carbocycles. The summed E-state index contributed by atoms with van der Waals surface area (Å²) in [5, 5.41) is 15.0. The van der Waals surface area contributed by atoms with Crippen LogP contribution in [0, 0.1) is 0 Å². The minimum absolute atomic E-state index is 0.519. The molecular formula is C27H29N3O3. The molecule has 0 aliphatic rings. The lowest BCUT2D eigenvalue weighted by Crippen LogP contribution is -2.32. The van der Waals surface area contributed by atoms with Crippen LogP contribution in [0.25, 0.3) is 11.0 Å². The Bertz CT molecular complexity index is 1220. The predicted molar refractivity (Wildman–Crippen MR) is 130 cm³/mol. The summed E-state index contributed by atoms with van der Waals surface area (Å²) >= 11 is 0. The first-order valence-corrected chi connectivity index (χ1v) is 11.1. The summed E-state index contributed by atoms with van der Waals surface area (Å²) in [5.74, 6) is 0.520. The predicted octanol–water partition coefficient (Wildman–Crippen LogP) is 5.69. The molecule has 0 radical (unpaired) electrons. The van der Waals surface area contributed by atoms with E-state index in [0.717, 1.165) is 22.2 Å². The number of nitrogens with zero attached hydrogens (tertiary/aromatic N) is 2. The summed E-state index contributed by atoms with van der Waals surface area (Å²) in [6, 6.07) is 24.6. The van der Waals surface area contributed by atoms with E-state index in [9.17, 15) is 9.90 Å². The number of hydrogen-bond donors (Lipinski definition) is 2. The van der Waals surface area contributed by atoms with Gasteiger partial charge in [0, 0.05) is 12.2 Å². The van der Waals surface area contributed by atoms with Gasteiger partial charge in [-0.2, -0.15) is 0 Å². The Morgan fingerprint density at radius 2 is 1.55 bits per heavy atom. The van der Waals surface area contributed by atoms with E-state index in [4.69, 9.17) is 9.72 Å². The molecule has 6 heteroatoms. The summed E-state index contributed by atoms with van der Waals surface area (Å²) < 4.78 is 7.35. The zero-order valence-electron chi connectivity index (χ0n) is 19.4. The first kappa shape index (κ1) is 22.6. The molecule has 4 rings (SSSR count). The van der Waals surface area contributed by atoms with Gasteiger partial charge in [0.25, 0.3) is 0 Å². The van der Waals surface area contributed by atoms with Crippen LogP contribution in [-0.2, 0) is 16.9 Å². The molecule has 0 saturated carbocycles. The molecule has 0 bridgehead atoms. The molecule has 2 N–H and O–H groups in total. The molecule has 1 heterocycles. The Kier molecular flexibility index (Phi) is 5.95. The number of hydrogen-bond acceptors (Lipinski definition) is 4. The number of aromatic nitrogens is 2. The SMILES string of the molecule is CCn1c(C(O)(c2ccccc2)c2ccccc2)nc2ccc(NC(=O)OC(C)(C)C)cc21. The van der Waals surface area contributed by atoms with Gasteiger partial charge in [-0.15, -0.1) is 0 Å². The lowest BCUT2D eigenvalue weighted by atomic mass is 9.85. The number of amides is 1. The molecule has 0 fully saturated rings. The molecule has 1 amide bonds. The van der Waals surface area contributed by atoms with Crippen molar-refractivity contribution in [3.05, 3.63) is 95.8 Å². The summed E-state index contributed by atoms with van der Waals surface area (Å²) in [5.41, 5.74) is 1.56. The zero-order valence-corrected chi connectivity index (χ0v) is 19.4. The normalized spacial score (nSPS) is 12.0. The maximum absolute atomic E-state index is 12.3. The van der Waals surface area contributed by atoms with Crippen molar-refractivity contribution in [2.75, 3.05) is 5.32 Å². The van der Waals surface area contributed by atoms with Crippen LogP contribution in [-0.4, -0.2) is 26.4 Å². The lowest BCUT2D eigenvalue weighted by molar-refractivity contribution is 0.0636. The van der Waals surface area contributed by atoms with Gasteiger partial charge in [0.05, 0.1) is 11.0 Å². The van der Waals surface area contributed by atoms with Gasteiger partial charge in [0.1, 0.15) is 5.60 Å². The minimum atomic E-state index is -1.45. The van der Waals surface area contributed by atoms with Crippen molar-refractivity contribution in [2.24, 2.45) is 0 Å². The Morgan fingerprint density at radius 1 is 0.970 bits per heavy atom. The number of fused-ring (bicyclic) bond motifs is 1. The average Bonchev–Trinajstić information content (AvgIpc) is 3.16. The number of rotatable bonds is 5. The van der Waals surface area contributed by atoms with Crippen LogP contribution < -0.4 is 5.32 Å². The highest BCUT2D eigenvalue weighted by molar-refractivity contribution is 5.89. The van der Waals surface area contributed by atoms with Crippen molar-refractivity contribution in [3.8, 4) is 0 Å². The number of anilines is 1. The highest BCUT2D eigenvalue weighted by atomic mass is 16.6. The Labute approximate surface area is 193 Å². The van der Waals surface area contributed by atoms with Crippen molar-refractivity contribution in [2.45, 2.75) is 45.4 Å². The molecule has 0 atom stereocenters. The van der Waals surface area contributed by atoms with Crippen molar-refractivity contribution in [1.82, 2.24) is 9.55 Å². The highest BCUT2D eigenvalue weighted by Crippen LogP contribution is 2.38. The second kappa shape index (κ2) is 8.71. The molecule has 1 aromatic heterocycles. The number of nitrogens with one attached hydrogen (secondary N) is 1. The zero-order chi connectivity index (χ0) is 23.6. The van der Waals surface area contributed by atoms with Crippen LogP contribution in [0.15, 0.2) is 78.9 Å². The van der Waals surface area contributed by atoms with Crippen LogP contribution in [0.5, 0.6) is 0 Å². The Balaban J connectivity index is 1.85. The van der Waals surface area contributed by atoms with E-state index in [1.165, 1.54) is 0 Å². The molecule has 4 aromatic rings. The van der Waals surface area contributed by atoms with Gasteiger partial charge in [0.2, 0.25) is 0 Å². The van der Waals surface area contributed by atoms with Crippen LogP contribution in [0.3, 0.4) is 0 Å². The second-order valence-electron chi connectivity index (χ2n) is 8.95. The fraction of sp³-hybridized carbons (Fsp3) is 0.259. The first-order chi connectivity index (χ1) is 15.7. The van der Waals surface area contributed by atoms with E-state index in [1.807, 2.05) is 105 Å². The number of benzene rings is 3. The number of imidazole rings is 1. The summed E-state index contributed by atoms with van der Waals surface area (Å²) in [7, 11) is 0. The largest absolute Gasteiger partial charge is 0.444 e. The van der Waals surface area contributed by atoms with E-state index >= 15 is 0 Å². The van der Waals surface area contributed by atoms with Crippen molar-refractivity contribution < 1.29 is 14.6 Å². The van der Waals surface area contributed by atoms with Crippen LogP contribution in [0.4, 0.5) is 10.5 Å². The maximum atomic E-state index is 12.3. The average molecular weight is 444 g/mol. The third-order valence-corrected chi connectivity index (χ3v) is 5.42. The van der Waals surface area contributed by atoms with E-state index in [1.54, 1.807) is 6.07 Å². The standard InChI is InChI=1S/C27H29N3O3/c1-5-30-23-18-21(28-25(31)33-26(2,3)4)16-17-22(23)29-24(30)27(32,19-12-8-6-9-13-19)20-14-10-7-11-15-20/h6-18,32H,5H2,1-4H3,(H,28,31). The Morgan fingerprint density at radius 3 is 2.06 bits per heavy atom. The van der Waals surface area contributed by atoms with Gasteiger partial charge < -0.3 is 14.4 Å². The van der Waals surface area contributed by atoms with E-state index in [-0.39, 0.29) is 0 Å². The molecule has 170 valence electrons. The van der Waals surface area contributed by atoms with Crippen molar-refractivity contribution in [1.29, 1.82) is 0 Å². The smallest absolute Gasteiger partial charge is 0.412 e. The summed E-state index contributed by atoms with van der Waals surface area (Å²) in [6.07, 6.45) is -0.519. The highest BCUT2D eigenvalue weighted by Gasteiger charge is 2.38. The number of carbonyl (C=O) groups excluding carboxylic acids is 1. The fourth-order valence-corrected chi connectivity index (χ4v) is 4.00. The van der Waals surface area contributed by atoms with Gasteiger partial charge in [-0.25, -0.2) is 9.78 Å². The van der Waals surface area contributed by atoms with Gasteiger partial charge in [-0.1, -0.05) is 60.7 Å². The number of carbonyl (C=O) groups is 1. The maximum Gasteiger partial charge on any atom is 0.412 e. The molecule has 0 spiro atoms. The van der Waals surface area contributed by atoms with Gasteiger partial charge in [0.15, 0.2) is 11.4 Å². The van der Waals surface area contributed by atoms with Crippen LogP contribution in [0.2, 0.25) is 0 Å². The summed E-state index contributed by atoms with van der Waals surface area (Å²) in [6.45, 7) is 8.06.